The Morgan fingerprint density at radius 3 is 2.18 bits per heavy atom. The third-order valence-corrected chi connectivity index (χ3v) is 10.8. The highest BCUT2D eigenvalue weighted by molar-refractivity contribution is 6.12. The molecule has 4 heterocycles. The number of hydrogen-bond donors (Lipinski definition) is 4. The van der Waals surface area contributed by atoms with Gasteiger partial charge in [0, 0.05) is 11.0 Å². The minimum absolute atomic E-state index is 0.243. The molecule has 4 N–H and O–H groups in total. The van der Waals surface area contributed by atoms with Crippen LogP contribution in [0.3, 0.4) is 0 Å². The van der Waals surface area contributed by atoms with Crippen molar-refractivity contribution >= 4 is 16.8 Å². The molecule has 3 fully saturated rings. The second-order valence-corrected chi connectivity index (χ2v) is 13.4. The molecule has 3 aromatic carbocycles. The van der Waals surface area contributed by atoms with Crippen molar-refractivity contribution in [3.05, 3.63) is 83.6 Å². The van der Waals surface area contributed by atoms with Crippen molar-refractivity contribution in [2.45, 2.75) is 69.9 Å². The molecule has 0 amide bonds. The van der Waals surface area contributed by atoms with E-state index < -0.39 is 0 Å². The van der Waals surface area contributed by atoms with Crippen LogP contribution in [0.25, 0.3) is 44.5 Å². The second-order valence-electron chi connectivity index (χ2n) is 13.4. The number of fused-ring (bicyclic) bond motifs is 2. The zero-order valence-electron chi connectivity index (χ0n) is 25.0. The first-order chi connectivity index (χ1) is 21.6. The quantitative estimate of drug-likeness (QED) is 0.173. The summed E-state index contributed by atoms with van der Waals surface area (Å²) in [6, 6.07) is 20.2. The summed E-state index contributed by atoms with van der Waals surface area (Å²) in [4.78, 5) is 31.0. The van der Waals surface area contributed by atoms with Gasteiger partial charge in [0.25, 0.3) is 0 Å². The van der Waals surface area contributed by atoms with E-state index in [1.807, 2.05) is 6.20 Å². The second kappa shape index (κ2) is 10.2. The van der Waals surface area contributed by atoms with Crippen molar-refractivity contribution in [1.29, 1.82) is 0 Å². The highest BCUT2D eigenvalue weighted by atomic mass is 16.1. The Balaban J connectivity index is 1.09. The summed E-state index contributed by atoms with van der Waals surface area (Å²) in [6.07, 6.45) is 11.7. The molecule has 4 aliphatic rings. The molecule has 0 unspecified atom stereocenters. The Kier molecular flexibility index (Phi) is 6.13. The molecular weight excluding hydrogens is 544 g/mol. The van der Waals surface area contributed by atoms with Gasteiger partial charge in [0.2, 0.25) is 0 Å². The summed E-state index contributed by atoms with van der Waals surface area (Å²) < 4.78 is 0. The lowest BCUT2D eigenvalue weighted by Crippen LogP contribution is -2.24. The van der Waals surface area contributed by atoms with Gasteiger partial charge in [-0.3, -0.25) is 4.79 Å². The number of nitrogens with one attached hydrogen (secondary N) is 4. The number of carbonyl (C=O) groups excluding carboxylic acids is 1. The SMILES string of the molecule is O=C1c2c(-c3ccc(-c4cnc([C@@H]5CCCN5)[nH]4)cc3)ccc(-c3ccc4nc([C@@H]5CCCN5)[nH]c4c3)c2CC12CCCC2. The third kappa shape index (κ3) is 4.20. The van der Waals surface area contributed by atoms with Crippen LogP contribution < -0.4 is 10.6 Å². The summed E-state index contributed by atoms with van der Waals surface area (Å²) in [5.74, 6) is 2.40. The third-order valence-electron chi connectivity index (χ3n) is 10.8. The van der Waals surface area contributed by atoms with E-state index in [1.165, 1.54) is 24.0 Å². The Morgan fingerprint density at radius 2 is 1.43 bits per heavy atom. The molecule has 44 heavy (non-hydrogen) atoms. The Morgan fingerprint density at radius 1 is 0.727 bits per heavy atom. The Bertz CT molecular complexity index is 1880. The minimum atomic E-state index is -0.243. The number of aromatic nitrogens is 4. The predicted octanol–water partition coefficient (Wildman–Crippen LogP) is 7.44. The van der Waals surface area contributed by atoms with E-state index >= 15 is 0 Å². The van der Waals surface area contributed by atoms with Crippen molar-refractivity contribution in [2.75, 3.05) is 13.1 Å². The van der Waals surface area contributed by atoms with Gasteiger partial charge in [0.05, 0.1) is 35.0 Å². The maximum Gasteiger partial charge on any atom is 0.170 e. The predicted molar refractivity (Wildman–Crippen MR) is 173 cm³/mol. The molecule has 0 radical (unpaired) electrons. The number of carbonyl (C=O) groups is 1. The Labute approximate surface area is 257 Å². The number of hydrogen-bond acceptors (Lipinski definition) is 5. The van der Waals surface area contributed by atoms with E-state index in [-0.39, 0.29) is 5.41 Å². The average Bonchev–Trinajstić information content (AvgIpc) is 3.90. The number of Topliss-reactive ketones (excluding diaryl/α,β-unsaturated/α-hetero) is 1. The van der Waals surface area contributed by atoms with Gasteiger partial charge >= 0.3 is 0 Å². The van der Waals surface area contributed by atoms with E-state index in [2.05, 4.69) is 80.2 Å². The maximum atomic E-state index is 14.3. The van der Waals surface area contributed by atoms with Gasteiger partial charge in [-0.25, -0.2) is 9.97 Å². The number of H-pyrrole nitrogens is 2. The van der Waals surface area contributed by atoms with Crippen LogP contribution in [0.15, 0.2) is 60.8 Å². The molecule has 9 rings (SSSR count). The largest absolute Gasteiger partial charge is 0.341 e. The van der Waals surface area contributed by atoms with Crippen LogP contribution >= 0.6 is 0 Å². The molecule has 2 saturated heterocycles. The van der Waals surface area contributed by atoms with Crippen LogP contribution in [-0.2, 0) is 6.42 Å². The fraction of sp³-hybridized carbons (Fsp3) is 0.378. The van der Waals surface area contributed by atoms with E-state index in [9.17, 15) is 4.79 Å². The molecule has 5 aromatic rings. The highest BCUT2D eigenvalue weighted by Crippen LogP contribution is 2.53. The lowest BCUT2D eigenvalue weighted by molar-refractivity contribution is 0.0827. The van der Waals surface area contributed by atoms with Gasteiger partial charge in [-0.1, -0.05) is 55.3 Å². The number of imidazole rings is 2. The average molecular weight is 583 g/mol. The number of benzene rings is 3. The fourth-order valence-corrected chi connectivity index (χ4v) is 8.43. The molecule has 7 nitrogen and oxygen atoms in total. The molecule has 2 atom stereocenters. The monoisotopic (exact) mass is 582 g/mol. The van der Waals surface area contributed by atoms with Crippen LogP contribution in [0.5, 0.6) is 0 Å². The van der Waals surface area contributed by atoms with Gasteiger partial charge < -0.3 is 20.6 Å². The molecule has 2 aromatic heterocycles. The zero-order chi connectivity index (χ0) is 29.3. The van der Waals surface area contributed by atoms with Crippen molar-refractivity contribution in [3.8, 4) is 33.5 Å². The van der Waals surface area contributed by atoms with Crippen molar-refractivity contribution in [1.82, 2.24) is 30.6 Å². The van der Waals surface area contributed by atoms with Gasteiger partial charge in [-0.2, -0.15) is 0 Å². The number of aromatic amines is 2. The van der Waals surface area contributed by atoms with Gasteiger partial charge in [0.1, 0.15) is 11.6 Å². The summed E-state index contributed by atoms with van der Waals surface area (Å²) in [7, 11) is 0. The van der Waals surface area contributed by atoms with Gasteiger partial charge in [-0.15, -0.1) is 0 Å². The topological polar surface area (TPSA) is 98.5 Å². The number of nitrogens with zero attached hydrogens (tertiary/aromatic N) is 2. The van der Waals surface area contributed by atoms with Gasteiger partial charge in [-0.05, 0) is 104 Å². The van der Waals surface area contributed by atoms with E-state index in [4.69, 9.17) is 4.98 Å². The molecule has 7 heteroatoms. The molecule has 2 aliphatic carbocycles. The van der Waals surface area contributed by atoms with Gasteiger partial charge in [0.15, 0.2) is 5.78 Å². The van der Waals surface area contributed by atoms with Crippen molar-refractivity contribution in [3.63, 3.8) is 0 Å². The molecule has 222 valence electrons. The first kappa shape index (κ1) is 26.3. The van der Waals surface area contributed by atoms with E-state index in [0.29, 0.717) is 17.9 Å². The van der Waals surface area contributed by atoms with Crippen LogP contribution in [0.4, 0.5) is 0 Å². The molecular formula is C37H38N6O. The lowest BCUT2D eigenvalue weighted by Gasteiger charge is -2.20. The van der Waals surface area contributed by atoms with Crippen molar-refractivity contribution < 1.29 is 4.79 Å². The van der Waals surface area contributed by atoms with E-state index in [1.54, 1.807) is 0 Å². The number of ketones is 1. The maximum absolute atomic E-state index is 14.3. The molecule has 0 bridgehead atoms. The van der Waals surface area contributed by atoms with Crippen LogP contribution in [0.2, 0.25) is 0 Å². The highest BCUT2D eigenvalue weighted by Gasteiger charge is 2.48. The Hall–Kier alpha value is -4.07. The smallest absolute Gasteiger partial charge is 0.170 e. The summed E-state index contributed by atoms with van der Waals surface area (Å²) >= 11 is 0. The lowest BCUT2D eigenvalue weighted by atomic mass is 9.81. The first-order valence-electron chi connectivity index (χ1n) is 16.5. The minimum Gasteiger partial charge on any atom is -0.341 e. The van der Waals surface area contributed by atoms with Crippen LogP contribution in [-0.4, -0.2) is 38.8 Å². The van der Waals surface area contributed by atoms with E-state index in [0.717, 1.165) is 114 Å². The van der Waals surface area contributed by atoms with Crippen LogP contribution in [0, 0.1) is 5.41 Å². The molecule has 1 spiro atoms. The molecule has 1 saturated carbocycles. The first-order valence-corrected chi connectivity index (χ1v) is 16.5. The molecule has 2 aliphatic heterocycles. The summed E-state index contributed by atoms with van der Waals surface area (Å²) in [5, 5.41) is 7.08. The standard InChI is InChI=1S/C37H38N6O/c44-34-33-26(22-7-9-23(10-8-22)32-21-40-35(43-32)29-5-3-17-38-29)13-12-25(27(33)20-37(34)15-1-2-16-37)24-11-14-28-31(19-24)42-36(41-28)30-6-4-18-39-30/h7-14,19,21,29-30,38-39H,1-6,15-18,20H2,(H,40,43)(H,41,42)/t29-,30-/m0/s1. The number of rotatable bonds is 5. The summed E-state index contributed by atoms with van der Waals surface area (Å²) in [5.41, 5.74) is 10.6. The van der Waals surface area contributed by atoms with Crippen molar-refractivity contribution in [2.24, 2.45) is 5.41 Å². The zero-order valence-corrected chi connectivity index (χ0v) is 25.0. The fourth-order valence-electron chi connectivity index (χ4n) is 8.43. The summed E-state index contributed by atoms with van der Waals surface area (Å²) in [6.45, 7) is 2.10. The van der Waals surface area contributed by atoms with Crippen LogP contribution in [0.1, 0.15) is 91.0 Å². The normalized spacial score (nSPS) is 22.5.